The Labute approximate surface area is 121 Å². The van der Waals surface area contributed by atoms with Crippen molar-refractivity contribution in [2.75, 3.05) is 40.3 Å². The third-order valence-corrected chi connectivity index (χ3v) is 5.44. The van der Waals surface area contributed by atoms with E-state index in [1.165, 1.54) is 7.05 Å². The highest BCUT2D eigenvalue weighted by Crippen LogP contribution is 2.29. The predicted octanol–water partition coefficient (Wildman–Crippen LogP) is -0.0408. The van der Waals surface area contributed by atoms with Crippen molar-refractivity contribution in [3.8, 4) is 0 Å². The first-order valence-corrected chi connectivity index (χ1v) is 8.20. The van der Waals surface area contributed by atoms with E-state index in [1.54, 1.807) is 0 Å². The van der Waals surface area contributed by atoms with Gasteiger partial charge in [0.2, 0.25) is 0 Å². The van der Waals surface area contributed by atoms with Crippen LogP contribution in [0.2, 0.25) is 0 Å². The fourth-order valence-electron chi connectivity index (χ4n) is 2.08. The number of carboxylic acids is 1. The number of piperidine rings is 1. The molecule has 1 aliphatic heterocycles. The zero-order chi connectivity index (χ0) is 15.4. The van der Waals surface area contributed by atoms with Crippen LogP contribution in [0.5, 0.6) is 0 Å². The van der Waals surface area contributed by atoms with Crippen molar-refractivity contribution in [3.05, 3.63) is 0 Å². The van der Waals surface area contributed by atoms with Gasteiger partial charge in [0.1, 0.15) is 0 Å². The molecule has 0 aromatic heterocycles. The summed E-state index contributed by atoms with van der Waals surface area (Å²) in [6, 6.07) is 0. The van der Waals surface area contributed by atoms with Gasteiger partial charge in [0.15, 0.2) is 0 Å². The maximum Gasteiger partial charge on any atom is 0.304 e. The van der Waals surface area contributed by atoms with Gasteiger partial charge in [-0.1, -0.05) is 6.92 Å². The van der Waals surface area contributed by atoms with Crippen LogP contribution in [-0.2, 0) is 15.0 Å². The quantitative estimate of drug-likeness (QED) is 0.689. The Morgan fingerprint density at radius 1 is 1.40 bits per heavy atom. The number of carbonyl (C=O) groups is 1. The maximum atomic E-state index is 12.0. The van der Waals surface area contributed by atoms with Gasteiger partial charge in [-0.15, -0.1) is 0 Å². The molecule has 0 amide bonds. The minimum atomic E-state index is -3.60. The molecule has 118 valence electrons. The van der Waals surface area contributed by atoms with Crippen molar-refractivity contribution < 1.29 is 18.3 Å². The van der Waals surface area contributed by atoms with Crippen molar-refractivity contribution in [1.29, 1.82) is 0 Å². The summed E-state index contributed by atoms with van der Waals surface area (Å²) in [5.41, 5.74) is -0.0345. The van der Waals surface area contributed by atoms with Crippen molar-refractivity contribution in [3.63, 3.8) is 0 Å². The molecule has 2 N–H and O–H groups in total. The maximum absolute atomic E-state index is 12.0. The van der Waals surface area contributed by atoms with Crippen LogP contribution in [0.1, 0.15) is 26.2 Å². The molecule has 0 radical (unpaired) electrons. The summed E-state index contributed by atoms with van der Waals surface area (Å²) in [5, 5.41) is 8.58. The van der Waals surface area contributed by atoms with E-state index in [4.69, 9.17) is 5.11 Å². The van der Waals surface area contributed by atoms with Gasteiger partial charge in [-0.25, -0.2) is 4.72 Å². The van der Waals surface area contributed by atoms with E-state index < -0.39 is 16.2 Å². The number of nitrogens with one attached hydrogen (secondary N) is 1. The van der Waals surface area contributed by atoms with Crippen LogP contribution in [0.3, 0.4) is 0 Å². The molecule has 0 saturated carbocycles. The molecule has 1 rings (SSSR count). The van der Waals surface area contributed by atoms with Crippen molar-refractivity contribution in [2.24, 2.45) is 5.41 Å². The molecule has 7 nitrogen and oxygen atoms in total. The van der Waals surface area contributed by atoms with Crippen LogP contribution < -0.4 is 4.72 Å². The Kier molecular flexibility index (Phi) is 5.93. The zero-order valence-electron chi connectivity index (χ0n) is 12.4. The molecule has 20 heavy (non-hydrogen) atoms. The van der Waals surface area contributed by atoms with Crippen molar-refractivity contribution in [2.45, 2.75) is 26.2 Å². The lowest BCUT2D eigenvalue weighted by Gasteiger charge is -2.38. The second-order valence-corrected chi connectivity index (χ2v) is 7.77. The molecule has 1 saturated heterocycles. The Bertz CT molecular complexity index is 430. The summed E-state index contributed by atoms with van der Waals surface area (Å²) in [7, 11) is -0.151. The van der Waals surface area contributed by atoms with E-state index in [2.05, 4.69) is 23.6 Å². The monoisotopic (exact) mass is 307 g/mol. The average molecular weight is 307 g/mol. The molecule has 0 bridgehead atoms. The van der Waals surface area contributed by atoms with Gasteiger partial charge < -0.3 is 10.0 Å². The zero-order valence-corrected chi connectivity index (χ0v) is 13.2. The lowest BCUT2D eigenvalue weighted by atomic mass is 9.81. The van der Waals surface area contributed by atoms with Crippen LogP contribution in [0.4, 0.5) is 0 Å². The van der Waals surface area contributed by atoms with Crippen LogP contribution in [0.25, 0.3) is 0 Å². The summed E-state index contributed by atoms with van der Waals surface area (Å²) in [6.45, 7) is 4.38. The van der Waals surface area contributed by atoms with Gasteiger partial charge in [-0.2, -0.15) is 12.7 Å². The Morgan fingerprint density at radius 2 is 1.95 bits per heavy atom. The fraction of sp³-hybridized carbons (Fsp3) is 0.917. The first-order chi connectivity index (χ1) is 9.15. The predicted molar refractivity (Wildman–Crippen MR) is 76.6 cm³/mol. The Balaban J connectivity index is 2.48. The molecular weight excluding hydrogens is 282 g/mol. The third-order valence-electron chi connectivity index (χ3n) is 3.93. The van der Waals surface area contributed by atoms with Crippen molar-refractivity contribution >= 4 is 16.2 Å². The Morgan fingerprint density at radius 3 is 2.45 bits per heavy atom. The van der Waals surface area contributed by atoms with Gasteiger partial charge >= 0.3 is 5.97 Å². The summed E-state index contributed by atoms with van der Waals surface area (Å²) >= 11 is 0. The van der Waals surface area contributed by atoms with Crippen LogP contribution in [-0.4, -0.2) is 69.0 Å². The van der Waals surface area contributed by atoms with E-state index >= 15 is 0 Å². The molecule has 0 aliphatic carbocycles. The number of likely N-dealkylation sites (tertiary alicyclic amines) is 1. The molecule has 0 unspecified atom stereocenters. The highest BCUT2D eigenvalue weighted by molar-refractivity contribution is 7.87. The fourth-order valence-corrected chi connectivity index (χ4v) is 3.17. The van der Waals surface area contributed by atoms with Gasteiger partial charge in [0.05, 0.1) is 6.42 Å². The average Bonchev–Trinajstić information content (AvgIpc) is 2.37. The normalized spacial score (nSPS) is 20.2. The summed E-state index contributed by atoms with van der Waals surface area (Å²) in [6.07, 6.45) is 1.70. The molecule has 1 fully saturated rings. The van der Waals surface area contributed by atoms with E-state index in [0.717, 1.165) is 30.2 Å². The topological polar surface area (TPSA) is 90.0 Å². The second-order valence-electron chi connectivity index (χ2n) is 5.91. The van der Waals surface area contributed by atoms with Gasteiger partial charge in [0, 0.05) is 20.1 Å². The van der Waals surface area contributed by atoms with E-state index in [0.29, 0.717) is 6.54 Å². The Hall–Kier alpha value is -0.700. The molecular formula is C12H25N3O4S. The van der Waals surface area contributed by atoms with Gasteiger partial charge in [-0.05, 0) is 38.4 Å². The molecule has 8 heteroatoms. The largest absolute Gasteiger partial charge is 0.481 e. The third kappa shape index (κ3) is 5.35. The van der Waals surface area contributed by atoms with Crippen LogP contribution in [0.15, 0.2) is 0 Å². The lowest BCUT2D eigenvalue weighted by molar-refractivity contribution is -0.137. The van der Waals surface area contributed by atoms with Gasteiger partial charge in [-0.3, -0.25) is 4.79 Å². The number of aliphatic carboxylic acids is 1. The van der Waals surface area contributed by atoms with E-state index in [1.807, 2.05) is 0 Å². The number of nitrogens with zero attached hydrogens (tertiary/aromatic N) is 2. The molecule has 1 heterocycles. The number of hydrogen-bond acceptors (Lipinski definition) is 4. The van der Waals surface area contributed by atoms with Crippen LogP contribution >= 0.6 is 0 Å². The summed E-state index contributed by atoms with van der Waals surface area (Å²) in [5.74, 6) is -1.01. The van der Waals surface area contributed by atoms with Gasteiger partial charge in [0.25, 0.3) is 10.2 Å². The van der Waals surface area contributed by atoms with Crippen LogP contribution in [0, 0.1) is 5.41 Å². The van der Waals surface area contributed by atoms with E-state index in [-0.39, 0.29) is 18.4 Å². The lowest BCUT2D eigenvalue weighted by Crippen LogP contribution is -2.47. The van der Waals surface area contributed by atoms with E-state index in [9.17, 15) is 13.2 Å². The minimum absolute atomic E-state index is 0.0237. The first-order valence-electron chi connectivity index (χ1n) is 6.76. The SMILES string of the molecule is CN1CCC(C)(CNS(=O)(=O)N(C)CCC(=O)O)CC1. The number of rotatable bonds is 7. The van der Waals surface area contributed by atoms with Crippen molar-refractivity contribution in [1.82, 2.24) is 13.9 Å². The summed E-state index contributed by atoms with van der Waals surface area (Å²) in [4.78, 5) is 12.7. The smallest absolute Gasteiger partial charge is 0.304 e. The highest BCUT2D eigenvalue weighted by Gasteiger charge is 2.31. The number of hydrogen-bond donors (Lipinski definition) is 2. The summed E-state index contributed by atoms with van der Waals surface area (Å²) < 4.78 is 27.7. The molecule has 0 spiro atoms. The molecule has 0 aromatic carbocycles. The molecule has 0 aromatic rings. The minimum Gasteiger partial charge on any atom is -0.481 e. The number of carboxylic acid groups (broad SMARTS) is 1. The highest BCUT2D eigenvalue weighted by atomic mass is 32.2. The first kappa shape index (κ1) is 17.4. The molecule has 1 aliphatic rings. The molecule has 0 atom stereocenters. The standard InChI is InChI=1S/C12H25N3O4S/c1-12(5-8-14(2)9-6-12)10-13-20(18,19)15(3)7-4-11(16)17/h13H,4-10H2,1-3H3,(H,16,17). The second kappa shape index (κ2) is 6.84.